The summed E-state index contributed by atoms with van der Waals surface area (Å²) >= 11 is 0. The van der Waals surface area contributed by atoms with Gasteiger partial charge in [0.15, 0.2) is 18.1 Å². The molecule has 2 amide bonds. The number of likely N-dealkylation sites (tertiary alicyclic amines) is 1. The highest BCUT2D eigenvalue weighted by atomic mass is 16.6. The van der Waals surface area contributed by atoms with Crippen LogP contribution in [0.15, 0.2) is 25.8 Å². The Morgan fingerprint density at radius 3 is 2.50 bits per heavy atom. The number of amides is 2. The van der Waals surface area contributed by atoms with Gasteiger partial charge in [-0.3, -0.25) is 9.69 Å². The van der Waals surface area contributed by atoms with E-state index >= 15 is 0 Å². The summed E-state index contributed by atoms with van der Waals surface area (Å²) in [5.41, 5.74) is 0. The number of esters is 2. The number of hydrogen-bond acceptors (Lipinski definition) is 11. The first-order valence-electron chi connectivity index (χ1n) is 9.51. The molecular weight excluding hydrogens is 432 g/mol. The summed E-state index contributed by atoms with van der Waals surface area (Å²) in [4.78, 5) is 60.4. The third kappa shape index (κ3) is 6.97. The van der Waals surface area contributed by atoms with Gasteiger partial charge >= 0.3 is 23.9 Å². The normalized spacial score (nSPS) is 17.9. The number of nitrogens with zero attached hydrogens (tertiary/aromatic N) is 1. The fourth-order valence-electron chi connectivity index (χ4n) is 2.85. The van der Waals surface area contributed by atoms with Gasteiger partial charge in [0.25, 0.3) is 0 Å². The molecule has 13 heteroatoms. The number of carbonyl (C=O) groups is 4. The van der Waals surface area contributed by atoms with Crippen molar-refractivity contribution in [3.8, 4) is 0 Å². The quantitative estimate of drug-likeness (QED) is 0.224. The molecule has 1 aromatic heterocycles. The lowest BCUT2D eigenvalue weighted by molar-refractivity contribution is -0.143. The number of aryl methyl sites for hydroxylation is 1. The fraction of sp³-hybridized carbons (Fsp3) is 0.526. The third-order valence-corrected chi connectivity index (χ3v) is 4.41. The van der Waals surface area contributed by atoms with Crippen LogP contribution in [0.25, 0.3) is 0 Å². The van der Waals surface area contributed by atoms with E-state index in [1.54, 1.807) is 0 Å². The van der Waals surface area contributed by atoms with E-state index in [1.165, 1.54) is 14.0 Å². The molecule has 0 bridgehead atoms. The van der Waals surface area contributed by atoms with Crippen LogP contribution in [0.3, 0.4) is 0 Å². The lowest BCUT2D eigenvalue weighted by Crippen LogP contribution is -2.46. The van der Waals surface area contributed by atoms with Crippen molar-refractivity contribution in [2.24, 2.45) is 0 Å². The van der Waals surface area contributed by atoms with Gasteiger partial charge in [-0.05, 0) is 6.92 Å². The van der Waals surface area contributed by atoms with E-state index in [0.29, 0.717) is 0 Å². The highest BCUT2D eigenvalue weighted by Crippen LogP contribution is 2.23. The minimum absolute atomic E-state index is 0.00550. The number of nitrogens with one attached hydrogen (secondary N) is 1. The molecule has 0 spiro atoms. The molecule has 1 aromatic rings. The van der Waals surface area contributed by atoms with Crippen LogP contribution in [0.1, 0.15) is 17.9 Å². The Hall–Kier alpha value is -3.61. The Kier molecular flexibility index (Phi) is 9.01. The second-order valence-electron chi connectivity index (χ2n) is 6.59. The molecule has 0 radical (unpaired) electrons. The fourth-order valence-corrected chi connectivity index (χ4v) is 2.85. The molecule has 2 rings (SSSR count). The molecule has 176 valence electrons. The standard InChI is InChI=1S/C19H24N2O11/c1-11-14(32-19(26)30-11)10-29-18(25)21-9-12(31-16(23)5-4-15(22)28-3)8-13(21)17(24)20-6-7-27-2/h4-5,12-13H,6-10H2,1-3H3,(H,20,24)/b5-4+/t12-,13+/m1/s1. The van der Waals surface area contributed by atoms with Gasteiger partial charge in [0.1, 0.15) is 12.1 Å². The summed E-state index contributed by atoms with van der Waals surface area (Å²) in [6.07, 6.45) is 0.0579. The van der Waals surface area contributed by atoms with Crippen molar-refractivity contribution in [1.82, 2.24) is 10.2 Å². The summed E-state index contributed by atoms with van der Waals surface area (Å²) in [6.45, 7) is 1.41. The number of hydrogen-bond donors (Lipinski definition) is 1. The summed E-state index contributed by atoms with van der Waals surface area (Å²) in [5.74, 6) is -2.83. The predicted octanol–water partition coefficient (Wildman–Crippen LogP) is -0.344. The van der Waals surface area contributed by atoms with Crippen LogP contribution in [0.4, 0.5) is 4.79 Å². The van der Waals surface area contributed by atoms with Crippen LogP contribution in [0, 0.1) is 6.92 Å². The van der Waals surface area contributed by atoms with Gasteiger partial charge in [-0.15, -0.1) is 0 Å². The molecule has 2 heterocycles. The molecule has 1 N–H and O–H groups in total. The number of methoxy groups -OCH3 is 2. The largest absolute Gasteiger partial charge is 0.519 e. The van der Waals surface area contributed by atoms with Crippen molar-refractivity contribution in [3.05, 3.63) is 34.3 Å². The van der Waals surface area contributed by atoms with E-state index in [9.17, 15) is 24.0 Å². The van der Waals surface area contributed by atoms with Crippen molar-refractivity contribution < 1.29 is 47.0 Å². The van der Waals surface area contributed by atoms with Crippen LogP contribution >= 0.6 is 0 Å². The zero-order valence-corrected chi connectivity index (χ0v) is 17.8. The monoisotopic (exact) mass is 456 g/mol. The number of ether oxygens (including phenoxy) is 4. The maximum absolute atomic E-state index is 12.6. The number of carbonyl (C=O) groups excluding carboxylic acids is 4. The van der Waals surface area contributed by atoms with Crippen LogP contribution in [0.5, 0.6) is 0 Å². The zero-order chi connectivity index (χ0) is 23.7. The molecular formula is C19H24N2O11. The molecule has 1 aliphatic rings. The third-order valence-electron chi connectivity index (χ3n) is 4.41. The van der Waals surface area contributed by atoms with Gasteiger partial charge in [0, 0.05) is 32.2 Å². The van der Waals surface area contributed by atoms with Gasteiger partial charge in [0.2, 0.25) is 5.91 Å². The molecule has 1 saturated heterocycles. The Morgan fingerprint density at radius 2 is 1.88 bits per heavy atom. The van der Waals surface area contributed by atoms with Gasteiger partial charge in [-0.2, -0.15) is 0 Å². The van der Waals surface area contributed by atoms with Crippen LogP contribution in [0.2, 0.25) is 0 Å². The van der Waals surface area contributed by atoms with E-state index in [1.807, 2.05) is 0 Å². The van der Waals surface area contributed by atoms with E-state index in [4.69, 9.17) is 23.0 Å². The molecule has 32 heavy (non-hydrogen) atoms. The van der Waals surface area contributed by atoms with Crippen LogP contribution in [-0.2, 0) is 39.9 Å². The number of rotatable bonds is 9. The van der Waals surface area contributed by atoms with Gasteiger partial charge in [-0.25, -0.2) is 19.2 Å². The van der Waals surface area contributed by atoms with E-state index in [-0.39, 0.29) is 37.6 Å². The highest BCUT2D eigenvalue weighted by molar-refractivity contribution is 5.92. The van der Waals surface area contributed by atoms with Crippen molar-refractivity contribution >= 4 is 23.9 Å². The zero-order valence-electron chi connectivity index (χ0n) is 17.8. The molecule has 0 saturated carbocycles. The summed E-state index contributed by atoms with van der Waals surface area (Å²) in [7, 11) is 2.63. The SMILES string of the molecule is COCCNC(=O)[C@@H]1C[C@@H](OC(=O)/C=C/C(=O)OC)CN1C(=O)OCc1oc(=O)oc1C. The van der Waals surface area contributed by atoms with Crippen LogP contribution < -0.4 is 11.1 Å². The Morgan fingerprint density at radius 1 is 1.16 bits per heavy atom. The Balaban J connectivity index is 2.04. The summed E-state index contributed by atoms with van der Waals surface area (Å²) in [6, 6.07) is -0.987. The molecule has 0 aromatic carbocycles. The first kappa shape index (κ1) is 24.7. The first-order chi connectivity index (χ1) is 15.2. The molecule has 0 unspecified atom stereocenters. The maximum Gasteiger partial charge on any atom is 0.519 e. The first-order valence-corrected chi connectivity index (χ1v) is 9.51. The smallest absolute Gasteiger partial charge is 0.466 e. The summed E-state index contributed by atoms with van der Waals surface area (Å²) < 4.78 is 29.1. The van der Waals surface area contributed by atoms with Crippen molar-refractivity contribution in [1.29, 1.82) is 0 Å². The average Bonchev–Trinajstić information content (AvgIpc) is 3.32. The Bertz CT molecular complexity index is 917. The molecule has 13 nitrogen and oxygen atoms in total. The minimum Gasteiger partial charge on any atom is -0.466 e. The Labute approximate surface area is 182 Å². The van der Waals surface area contributed by atoms with Crippen molar-refractivity contribution in [3.63, 3.8) is 0 Å². The predicted molar refractivity (Wildman–Crippen MR) is 103 cm³/mol. The molecule has 1 fully saturated rings. The second kappa shape index (κ2) is 11.7. The summed E-state index contributed by atoms with van der Waals surface area (Å²) in [5, 5.41) is 2.61. The van der Waals surface area contributed by atoms with E-state index in [0.717, 1.165) is 24.2 Å². The molecule has 2 atom stereocenters. The van der Waals surface area contributed by atoms with Crippen molar-refractivity contribution in [2.75, 3.05) is 33.9 Å². The topological polar surface area (TPSA) is 164 Å². The van der Waals surface area contributed by atoms with E-state index in [2.05, 4.69) is 10.1 Å². The maximum atomic E-state index is 12.6. The molecule has 1 aliphatic heterocycles. The van der Waals surface area contributed by atoms with Crippen molar-refractivity contribution in [2.45, 2.75) is 32.1 Å². The highest BCUT2D eigenvalue weighted by Gasteiger charge is 2.42. The van der Waals surface area contributed by atoms with Gasteiger partial charge < -0.3 is 33.1 Å². The van der Waals surface area contributed by atoms with E-state index < -0.39 is 48.5 Å². The lowest BCUT2D eigenvalue weighted by Gasteiger charge is -2.22. The second-order valence-corrected chi connectivity index (χ2v) is 6.59. The minimum atomic E-state index is -0.987. The molecule has 0 aliphatic carbocycles. The van der Waals surface area contributed by atoms with Crippen LogP contribution in [-0.4, -0.2) is 74.9 Å². The van der Waals surface area contributed by atoms with Gasteiger partial charge in [-0.1, -0.05) is 0 Å². The average molecular weight is 456 g/mol. The lowest BCUT2D eigenvalue weighted by atomic mass is 10.2. The van der Waals surface area contributed by atoms with Gasteiger partial charge in [0.05, 0.1) is 20.3 Å².